The van der Waals surface area contributed by atoms with Gasteiger partial charge in [-0.2, -0.15) is 0 Å². The Bertz CT molecular complexity index is 283. The molecule has 0 saturated carbocycles. The zero-order chi connectivity index (χ0) is 9.84. The van der Waals surface area contributed by atoms with Crippen molar-refractivity contribution in [3.05, 3.63) is 33.8 Å². The van der Waals surface area contributed by atoms with Crippen LogP contribution in [0.2, 0.25) is 0 Å². The van der Waals surface area contributed by atoms with Gasteiger partial charge in [0.05, 0.1) is 0 Å². The van der Waals surface area contributed by atoms with Crippen molar-refractivity contribution in [1.82, 2.24) is 0 Å². The summed E-state index contributed by atoms with van der Waals surface area (Å²) < 4.78 is 1.19. The maximum Gasteiger partial charge on any atom is 0.0474 e. The number of rotatable bonds is 3. The van der Waals surface area contributed by atoms with Crippen LogP contribution in [0.5, 0.6) is 0 Å². The van der Waals surface area contributed by atoms with E-state index in [1.54, 1.807) is 0 Å². The Balaban J connectivity index is 3.03. The molecule has 0 aliphatic carbocycles. The molecule has 72 valence electrons. The van der Waals surface area contributed by atoms with Gasteiger partial charge in [0.15, 0.2) is 0 Å². The molecule has 0 radical (unpaired) electrons. The summed E-state index contributed by atoms with van der Waals surface area (Å²) >= 11 is 9.34. The largest absolute Gasteiger partial charge is 0.122 e. The molecule has 0 bridgehead atoms. The lowest BCUT2D eigenvalue weighted by molar-refractivity contribution is 0.729. The summed E-state index contributed by atoms with van der Waals surface area (Å²) in [6, 6.07) is 6.33. The molecule has 1 aromatic carbocycles. The second-order valence-electron chi connectivity index (χ2n) is 3.30. The first-order chi connectivity index (χ1) is 6.19. The zero-order valence-corrected chi connectivity index (χ0v) is 10.3. The fraction of sp³-hybridized carbons (Fsp3) is 0.455. The third-order valence-corrected chi connectivity index (χ3v) is 3.39. The molecule has 0 aliphatic heterocycles. The maximum atomic E-state index is 5.78. The lowest BCUT2D eigenvalue weighted by atomic mass is 9.97. The molecule has 1 unspecified atom stereocenters. The summed E-state index contributed by atoms with van der Waals surface area (Å²) in [5, 5.41) is 0. The highest BCUT2D eigenvalue weighted by molar-refractivity contribution is 9.10. The van der Waals surface area contributed by atoms with Crippen LogP contribution < -0.4 is 0 Å². The average Bonchev–Trinajstić information content (AvgIpc) is 2.17. The van der Waals surface area contributed by atoms with E-state index in [2.05, 4.69) is 48.0 Å². The Morgan fingerprint density at radius 3 is 2.69 bits per heavy atom. The highest BCUT2D eigenvalue weighted by Crippen LogP contribution is 2.28. The highest BCUT2D eigenvalue weighted by atomic mass is 79.9. The van der Waals surface area contributed by atoms with Crippen molar-refractivity contribution in [2.24, 2.45) is 0 Å². The average molecular weight is 262 g/mol. The minimum absolute atomic E-state index is 0.594. The normalized spacial score (nSPS) is 12.9. The second kappa shape index (κ2) is 5.02. The first-order valence-corrected chi connectivity index (χ1v) is 5.86. The first kappa shape index (κ1) is 11.1. The van der Waals surface area contributed by atoms with Gasteiger partial charge in [0.1, 0.15) is 0 Å². The highest BCUT2D eigenvalue weighted by Gasteiger charge is 2.07. The minimum Gasteiger partial charge on any atom is -0.122 e. The van der Waals surface area contributed by atoms with Gasteiger partial charge < -0.3 is 0 Å². The predicted molar refractivity (Wildman–Crippen MR) is 62.4 cm³/mol. The third-order valence-electron chi connectivity index (χ3n) is 2.36. The van der Waals surface area contributed by atoms with E-state index in [-0.39, 0.29) is 0 Å². The van der Waals surface area contributed by atoms with Gasteiger partial charge in [-0.05, 0) is 29.5 Å². The Morgan fingerprint density at radius 2 is 2.15 bits per heavy atom. The number of halogens is 2. The monoisotopic (exact) mass is 260 g/mol. The van der Waals surface area contributed by atoms with E-state index in [0.29, 0.717) is 11.8 Å². The van der Waals surface area contributed by atoms with Crippen LogP contribution in [0.1, 0.15) is 37.3 Å². The van der Waals surface area contributed by atoms with Crippen LogP contribution in [0.4, 0.5) is 0 Å². The van der Waals surface area contributed by atoms with Gasteiger partial charge in [0.2, 0.25) is 0 Å². The van der Waals surface area contributed by atoms with Crippen molar-refractivity contribution in [3.63, 3.8) is 0 Å². The van der Waals surface area contributed by atoms with Crippen LogP contribution in [-0.2, 0) is 5.88 Å². The van der Waals surface area contributed by atoms with Crippen LogP contribution in [0.15, 0.2) is 22.7 Å². The molecule has 0 nitrogen and oxygen atoms in total. The van der Waals surface area contributed by atoms with Crippen LogP contribution in [0, 0.1) is 0 Å². The van der Waals surface area contributed by atoms with E-state index < -0.39 is 0 Å². The van der Waals surface area contributed by atoms with Crippen molar-refractivity contribution in [2.45, 2.75) is 32.1 Å². The summed E-state index contributed by atoms with van der Waals surface area (Å²) in [6.45, 7) is 4.43. The molecule has 0 amide bonds. The van der Waals surface area contributed by atoms with E-state index in [0.717, 1.165) is 6.42 Å². The van der Waals surface area contributed by atoms with Gasteiger partial charge >= 0.3 is 0 Å². The van der Waals surface area contributed by atoms with E-state index >= 15 is 0 Å². The first-order valence-electron chi connectivity index (χ1n) is 4.53. The van der Waals surface area contributed by atoms with Crippen LogP contribution in [0.25, 0.3) is 0 Å². The summed E-state index contributed by atoms with van der Waals surface area (Å²) in [5.74, 6) is 1.19. The van der Waals surface area contributed by atoms with Crippen molar-refractivity contribution in [2.75, 3.05) is 0 Å². The molecule has 1 atom stereocenters. The van der Waals surface area contributed by atoms with Gasteiger partial charge in [-0.15, -0.1) is 11.6 Å². The summed E-state index contributed by atoms with van der Waals surface area (Å²) in [4.78, 5) is 0. The molecular formula is C11H14BrCl. The van der Waals surface area contributed by atoms with Gasteiger partial charge in [-0.1, -0.05) is 41.9 Å². The standard InChI is InChI=1S/C11H14BrCl/c1-3-8(2)10-6-9(7-13)4-5-11(10)12/h4-6,8H,3,7H2,1-2H3. The van der Waals surface area contributed by atoms with E-state index in [4.69, 9.17) is 11.6 Å². The molecule has 1 rings (SSSR count). The molecule has 13 heavy (non-hydrogen) atoms. The van der Waals surface area contributed by atoms with Gasteiger partial charge in [0.25, 0.3) is 0 Å². The summed E-state index contributed by atoms with van der Waals surface area (Å²) in [7, 11) is 0. The van der Waals surface area contributed by atoms with Crippen molar-refractivity contribution in [3.8, 4) is 0 Å². The smallest absolute Gasteiger partial charge is 0.0474 e. The Hall–Kier alpha value is -0.0100. The van der Waals surface area contributed by atoms with Gasteiger partial charge in [0, 0.05) is 10.4 Å². The minimum atomic E-state index is 0.594. The predicted octanol–water partition coefficient (Wildman–Crippen LogP) is 4.70. The van der Waals surface area contributed by atoms with Crippen molar-refractivity contribution < 1.29 is 0 Å². The Labute approximate surface area is 93.4 Å². The molecular weight excluding hydrogens is 247 g/mol. The summed E-state index contributed by atoms with van der Waals surface area (Å²) in [6.07, 6.45) is 1.16. The Kier molecular flexibility index (Phi) is 4.27. The maximum absolute atomic E-state index is 5.78. The lowest BCUT2D eigenvalue weighted by Crippen LogP contribution is -1.94. The second-order valence-corrected chi connectivity index (χ2v) is 4.42. The van der Waals surface area contributed by atoms with Crippen LogP contribution in [0.3, 0.4) is 0 Å². The number of hydrogen-bond donors (Lipinski definition) is 0. The van der Waals surface area contributed by atoms with Crippen molar-refractivity contribution >= 4 is 27.5 Å². The van der Waals surface area contributed by atoms with Gasteiger partial charge in [-0.25, -0.2) is 0 Å². The summed E-state index contributed by atoms with van der Waals surface area (Å²) in [5.41, 5.74) is 2.56. The zero-order valence-electron chi connectivity index (χ0n) is 7.98. The molecule has 1 aromatic rings. The lowest BCUT2D eigenvalue weighted by Gasteiger charge is -2.12. The van der Waals surface area contributed by atoms with Gasteiger partial charge in [-0.3, -0.25) is 0 Å². The van der Waals surface area contributed by atoms with Crippen LogP contribution in [-0.4, -0.2) is 0 Å². The third kappa shape index (κ3) is 2.72. The molecule has 0 N–H and O–H groups in total. The number of hydrogen-bond acceptors (Lipinski definition) is 0. The molecule has 0 saturated heterocycles. The molecule has 0 aromatic heterocycles. The van der Waals surface area contributed by atoms with E-state index in [1.165, 1.54) is 15.6 Å². The molecule has 2 heteroatoms. The van der Waals surface area contributed by atoms with Crippen molar-refractivity contribution in [1.29, 1.82) is 0 Å². The SMILES string of the molecule is CCC(C)c1cc(CCl)ccc1Br. The number of benzene rings is 1. The molecule has 0 fully saturated rings. The quantitative estimate of drug-likeness (QED) is 0.692. The molecule has 0 heterocycles. The van der Waals surface area contributed by atoms with E-state index in [9.17, 15) is 0 Å². The molecule has 0 spiro atoms. The number of alkyl halides is 1. The Morgan fingerprint density at radius 1 is 1.46 bits per heavy atom. The van der Waals surface area contributed by atoms with Crippen LogP contribution >= 0.6 is 27.5 Å². The molecule has 0 aliphatic rings. The topological polar surface area (TPSA) is 0 Å². The fourth-order valence-corrected chi connectivity index (χ4v) is 2.08. The fourth-order valence-electron chi connectivity index (χ4n) is 1.27. The van der Waals surface area contributed by atoms with E-state index in [1.807, 2.05) is 0 Å².